The van der Waals surface area contributed by atoms with Gasteiger partial charge in [-0.2, -0.15) is 0 Å². The SMILES string of the molecule is CO[C@@]1(O)CC[C@H]2[C@@H]3CCc4cc(O)ccc4[C@H]3CC[C@@]21C. The number of aryl methyl sites for hydroxylation is 1. The van der Waals surface area contributed by atoms with Crippen LogP contribution < -0.4 is 0 Å². The van der Waals surface area contributed by atoms with Crippen LogP contribution in [0.1, 0.15) is 56.1 Å². The third kappa shape index (κ3) is 1.75. The third-order valence-electron chi connectivity index (χ3n) is 7.12. The number of ether oxygens (including phenoxy) is 1. The minimum Gasteiger partial charge on any atom is -0.508 e. The molecule has 3 aliphatic rings. The van der Waals surface area contributed by atoms with Gasteiger partial charge in [-0.3, -0.25) is 0 Å². The van der Waals surface area contributed by atoms with E-state index in [1.165, 1.54) is 17.5 Å². The number of phenols is 1. The second-order valence-corrected chi connectivity index (χ2v) is 7.78. The largest absolute Gasteiger partial charge is 0.508 e. The van der Waals surface area contributed by atoms with Crippen molar-refractivity contribution in [1.29, 1.82) is 0 Å². The van der Waals surface area contributed by atoms with Crippen LogP contribution in [0.5, 0.6) is 5.75 Å². The van der Waals surface area contributed by atoms with Gasteiger partial charge < -0.3 is 14.9 Å². The van der Waals surface area contributed by atoms with Gasteiger partial charge in [0.15, 0.2) is 5.79 Å². The first-order valence-corrected chi connectivity index (χ1v) is 8.58. The Morgan fingerprint density at radius 2 is 2.00 bits per heavy atom. The van der Waals surface area contributed by atoms with Crippen LogP contribution in [0.3, 0.4) is 0 Å². The highest BCUT2D eigenvalue weighted by Crippen LogP contribution is 2.64. The molecule has 0 saturated heterocycles. The number of benzene rings is 1. The Hall–Kier alpha value is -1.06. The summed E-state index contributed by atoms with van der Waals surface area (Å²) in [6.45, 7) is 2.23. The molecule has 0 aromatic heterocycles. The molecule has 4 rings (SSSR count). The van der Waals surface area contributed by atoms with Crippen LogP contribution >= 0.6 is 0 Å². The molecule has 120 valence electrons. The molecule has 3 aliphatic carbocycles. The first-order valence-electron chi connectivity index (χ1n) is 8.58. The van der Waals surface area contributed by atoms with Crippen molar-refractivity contribution in [3.05, 3.63) is 29.3 Å². The van der Waals surface area contributed by atoms with E-state index in [9.17, 15) is 10.2 Å². The molecule has 3 nitrogen and oxygen atoms in total. The number of hydrogen-bond donors (Lipinski definition) is 2. The summed E-state index contributed by atoms with van der Waals surface area (Å²) >= 11 is 0. The van der Waals surface area contributed by atoms with Crippen molar-refractivity contribution in [3.8, 4) is 5.75 Å². The maximum Gasteiger partial charge on any atom is 0.170 e. The Labute approximate surface area is 132 Å². The highest BCUT2D eigenvalue weighted by molar-refractivity contribution is 5.40. The van der Waals surface area contributed by atoms with Crippen LogP contribution in [0.4, 0.5) is 0 Å². The van der Waals surface area contributed by atoms with E-state index in [4.69, 9.17) is 4.74 Å². The fourth-order valence-corrected chi connectivity index (χ4v) is 5.88. The van der Waals surface area contributed by atoms with Crippen LogP contribution in [-0.2, 0) is 11.2 Å². The number of methoxy groups -OCH3 is 1. The molecule has 0 spiro atoms. The summed E-state index contributed by atoms with van der Waals surface area (Å²) in [7, 11) is 1.65. The number of rotatable bonds is 1. The molecule has 0 heterocycles. The second kappa shape index (κ2) is 4.72. The fourth-order valence-electron chi connectivity index (χ4n) is 5.88. The van der Waals surface area contributed by atoms with Crippen molar-refractivity contribution in [2.75, 3.05) is 7.11 Å². The highest BCUT2D eigenvalue weighted by Gasteiger charge is 2.62. The van der Waals surface area contributed by atoms with E-state index in [2.05, 4.69) is 13.0 Å². The predicted molar refractivity (Wildman–Crippen MR) is 84.7 cm³/mol. The summed E-state index contributed by atoms with van der Waals surface area (Å²) in [6, 6.07) is 5.90. The van der Waals surface area contributed by atoms with Gasteiger partial charge in [0.05, 0.1) is 0 Å². The molecule has 1 aromatic carbocycles. The lowest BCUT2D eigenvalue weighted by molar-refractivity contribution is -0.258. The van der Waals surface area contributed by atoms with Crippen LogP contribution in [0.15, 0.2) is 18.2 Å². The van der Waals surface area contributed by atoms with Crippen LogP contribution in [-0.4, -0.2) is 23.1 Å². The first kappa shape index (κ1) is 14.5. The van der Waals surface area contributed by atoms with Crippen molar-refractivity contribution in [2.24, 2.45) is 17.3 Å². The molecule has 0 aliphatic heterocycles. The molecule has 2 fully saturated rings. The van der Waals surface area contributed by atoms with E-state index >= 15 is 0 Å². The lowest BCUT2D eigenvalue weighted by Gasteiger charge is -2.52. The number of aliphatic hydroxyl groups is 1. The molecule has 1 aromatic rings. The van der Waals surface area contributed by atoms with Gasteiger partial charge >= 0.3 is 0 Å². The molecule has 0 unspecified atom stereocenters. The maximum atomic E-state index is 10.9. The average molecular weight is 302 g/mol. The van der Waals surface area contributed by atoms with E-state index in [0.717, 1.165) is 32.1 Å². The maximum absolute atomic E-state index is 10.9. The Balaban J connectivity index is 1.70. The van der Waals surface area contributed by atoms with Crippen molar-refractivity contribution in [2.45, 2.75) is 57.2 Å². The van der Waals surface area contributed by atoms with Crippen molar-refractivity contribution < 1.29 is 14.9 Å². The molecule has 0 amide bonds. The monoisotopic (exact) mass is 302 g/mol. The van der Waals surface area contributed by atoms with Crippen LogP contribution in [0.2, 0.25) is 0 Å². The lowest BCUT2D eigenvalue weighted by Crippen LogP contribution is -2.51. The normalized spacial score (nSPS) is 43.3. The van der Waals surface area contributed by atoms with Gasteiger partial charge in [0.1, 0.15) is 5.75 Å². The second-order valence-electron chi connectivity index (χ2n) is 7.78. The zero-order valence-electron chi connectivity index (χ0n) is 13.5. The summed E-state index contributed by atoms with van der Waals surface area (Å²) in [5.41, 5.74) is 2.64. The molecule has 3 heteroatoms. The smallest absolute Gasteiger partial charge is 0.170 e. The fraction of sp³-hybridized carbons (Fsp3) is 0.684. The van der Waals surface area contributed by atoms with E-state index < -0.39 is 5.79 Å². The lowest BCUT2D eigenvalue weighted by atomic mass is 9.55. The van der Waals surface area contributed by atoms with Gasteiger partial charge in [-0.25, -0.2) is 0 Å². The number of phenolic OH excluding ortho intramolecular Hbond substituents is 1. The van der Waals surface area contributed by atoms with Gasteiger partial charge in [0.25, 0.3) is 0 Å². The predicted octanol–water partition coefficient (Wildman–Crippen LogP) is 3.58. The Kier molecular flexibility index (Phi) is 3.11. The third-order valence-corrected chi connectivity index (χ3v) is 7.12. The summed E-state index contributed by atoms with van der Waals surface area (Å²) in [6.07, 6.45) is 6.17. The van der Waals surface area contributed by atoms with Crippen molar-refractivity contribution in [1.82, 2.24) is 0 Å². The number of hydrogen-bond acceptors (Lipinski definition) is 3. The highest BCUT2D eigenvalue weighted by atomic mass is 16.6. The molecular formula is C19H26O3. The molecule has 2 saturated carbocycles. The van der Waals surface area contributed by atoms with E-state index in [1.807, 2.05) is 12.1 Å². The number of aromatic hydroxyl groups is 1. The van der Waals surface area contributed by atoms with E-state index in [0.29, 0.717) is 23.5 Å². The van der Waals surface area contributed by atoms with Crippen molar-refractivity contribution in [3.63, 3.8) is 0 Å². The standard InChI is InChI=1S/C19H26O3/c1-18-9-7-15-14-6-4-13(20)11-12(14)3-5-16(15)17(18)8-10-19(18,21)22-2/h4,6,11,15-17,20-21H,3,5,7-10H2,1-2H3/t15-,16-,17+,18+,19+/m1/s1. The van der Waals surface area contributed by atoms with Gasteiger partial charge in [0.2, 0.25) is 0 Å². The Morgan fingerprint density at radius 1 is 1.18 bits per heavy atom. The number of fused-ring (bicyclic) bond motifs is 5. The summed E-state index contributed by atoms with van der Waals surface area (Å²) in [5, 5.41) is 20.6. The zero-order valence-corrected chi connectivity index (χ0v) is 13.5. The molecule has 22 heavy (non-hydrogen) atoms. The van der Waals surface area contributed by atoms with E-state index in [1.54, 1.807) is 7.11 Å². The zero-order chi connectivity index (χ0) is 15.5. The molecule has 0 bridgehead atoms. The summed E-state index contributed by atoms with van der Waals surface area (Å²) in [4.78, 5) is 0. The van der Waals surface area contributed by atoms with Gasteiger partial charge in [-0.1, -0.05) is 13.0 Å². The Morgan fingerprint density at radius 3 is 2.77 bits per heavy atom. The topological polar surface area (TPSA) is 49.7 Å². The van der Waals surface area contributed by atoms with Gasteiger partial charge in [-0.05, 0) is 73.1 Å². The summed E-state index contributed by atoms with van der Waals surface area (Å²) in [5.74, 6) is 1.20. The quantitative estimate of drug-likeness (QED) is 0.780. The minimum atomic E-state index is -0.947. The molecule has 0 radical (unpaired) electrons. The summed E-state index contributed by atoms with van der Waals surface area (Å²) < 4.78 is 5.56. The van der Waals surface area contributed by atoms with Crippen molar-refractivity contribution >= 4 is 0 Å². The van der Waals surface area contributed by atoms with Gasteiger partial charge in [-0.15, -0.1) is 0 Å². The minimum absolute atomic E-state index is 0.114. The average Bonchev–Trinajstić information content (AvgIpc) is 2.79. The molecular weight excluding hydrogens is 276 g/mol. The first-order chi connectivity index (χ1) is 10.5. The molecule has 5 atom stereocenters. The van der Waals surface area contributed by atoms with Crippen LogP contribution in [0.25, 0.3) is 0 Å². The van der Waals surface area contributed by atoms with Gasteiger partial charge in [0, 0.05) is 18.9 Å². The Bertz CT molecular complexity index is 598. The van der Waals surface area contributed by atoms with E-state index in [-0.39, 0.29) is 5.41 Å². The molecule has 2 N–H and O–H groups in total. The van der Waals surface area contributed by atoms with Crippen LogP contribution in [0, 0.1) is 17.3 Å².